The van der Waals surface area contributed by atoms with Crippen LogP contribution in [0, 0.1) is 23.3 Å². The molecule has 1 aromatic heterocycles. The van der Waals surface area contributed by atoms with Crippen molar-refractivity contribution in [2.75, 3.05) is 25.0 Å². The topological polar surface area (TPSA) is 146 Å². The Balaban J connectivity index is 1.57. The van der Waals surface area contributed by atoms with Gasteiger partial charge in [-0.1, -0.05) is 30.3 Å². The molecular weight excluding hydrogens is 626 g/mol. The quantitative estimate of drug-likeness (QED) is 0.0969. The normalized spacial score (nSPS) is 13.6. The second-order valence-corrected chi connectivity index (χ2v) is 12.2. The number of anilines is 1. The first-order chi connectivity index (χ1) is 22.0. The van der Waals surface area contributed by atoms with Crippen molar-refractivity contribution < 1.29 is 35.9 Å². The molecule has 0 aliphatic rings. The molecule has 6 N–H and O–H groups in total. The van der Waals surface area contributed by atoms with Gasteiger partial charge in [0.1, 0.15) is 23.3 Å². The Hall–Kier alpha value is -4.21. The standard InChI is InChI=1S/C32H33F4N5O4S/c33-22-8-6-20(7-9-22)30(21-14-23(34)16-24(35)15-21)31(37)32(43)40-29-19-39-18-28(36)27(29)11-10-25(17-38-12-13-42)41-46(44,45)26-4-2-1-3-5-26/h1-9,14-16,18-19,25,30-31,38,41-42H,10-13,17,37H2,(H,40,43)/t25-,30?,31?/m1/s1. The van der Waals surface area contributed by atoms with E-state index in [1.165, 1.54) is 30.5 Å². The van der Waals surface area contributed by atoms with Crippen molar-refractivity contribution in [3.8, 4) is 0 Å². The van der Waals surface area contributed by atoms with Crippen molar-refractivity contribution >= 4 is 21.6 Å². The molecule has 46 heavy (non-hydrogen) atoms. The van der Waals surface area contributed by atoms with E-state index < -0.39 is 57.2 Å². The SMILES string of the molecule is NC(C(=O)Nc1cncc(F)c1CC[C@H](CNCCO)NS(=O)(=O)c1ccccc1)C(c1ccc(F)cc1)c1cc(F)cc(F)c1. The van der Waals surface area contributed by atoms with Crippen LogP contribution in [-0.2, 0) is 21.2 Å². The lowest BCUT2D eigenvalue weighted by molar-refractivity contribution is -0.117. The van der Waals surface area contributed by atoms with Crippen LogP contribution in [0.15, 0.2) is 90.1 Å². The summed E-state index contributed by atoms with van der Waals surface area (Å²) in [4.78, 5) is 17.3. The van der Waals surface area contributed by atoms with Crippen molar-refractivity contribution in [1.29, 1.82) is 0 Å². The van der Waals surface area contributed by atoms with Crippen LogP contribution in [0.5, 0.6) is 0 Å². The van der Waals surface area contributed by atoms with Gasteiger partial charge in [-0.3, -0.25) is 9.78 Å². The van der Waals surface area contributed by atoms with Gasteiger partial charge in [0.25, 0.3) is 0 Å². The molecule has 1 amide bonds. The number of carbonyl (C=O) groups excluding carboxylic acids is 1. The van der Waals surface area contributed by atoms with Crippen molar-refractivity contribution in [3.05, 3.63) is 125 Å². The number of halogens is 4. The molecule has 3 atom stereocenters. The third-order valence-electron chi connectivity index (χ3n) is 7.20. The monoisotopic (exact) mass is 659 g/mol. The minimum atomic E-state index is -3.94. The summed E-state index contributed by atoms with van der Waals surface area (Å²) in [6, 6.07) is 13.1. The fourth-order valence-corrected chi connectivity index (χ4v) is 6.28. The Labute approximate surface area is 263 Å². The molecule has 0 fully saturated rings. The molecule has 0 aliphatic carbocycles. The fourth-order valence-electron chi connectivity index (χ4n) is 4.99. The molecule has 244 valence electrons. The van der Waals surface area contributed by atoms with Gasteiger partial charge in [-0.25, -0.2) is 30.7 Å². The van der Waals surface area contributed by atoms with Crippen LogP contribution in [0.3, 0.4) is 0 Å². The van der Waals surface area contributed by atoms with Gasteiger partial charge in [-0.15, -0.1) is 0 Å². The lowest BCUT2D eigenvalue weighted by atomic mass is 9.84. The summed E-state index contributed by atoms with van der Waals surface area (Å²) >= 11 is 0. The van der Waals surface area contributed by atoms with Gasteiger partial charge >= 0.3 is 0 Å². The van der Waals surface area contributed by atoms with E-state index in [-0.39, 0.29) is 54.2 Å². The molecule has 14 heteroatoms. The predicted octanol–water partition coefficient (Wildman–Crippen LogP) is 3.60. The van der Waals surface area contributed by atoms with Crippen LogP contribution in [0.4, 0.5) is 23.2 Å². The number of pyridine rings is 1. The Morgan fingerprint density at radius 2 is 1.57 bits per heavy atom. The molecule has 1 heterocycles. The minimum absolute atomic E-state index is 0.0109. The van der Waals surface area contributed by atoms with Gasteiger partial charge < -0.3 is 21.5 Å². The van der Waals surface area contributed by atoms with Gasteiger partial charge in [0.05, 0.1) is 35.6 Å². The van der Waals surface area contributed by atoms with E-state index in [1.54, 1.807) is 18.2 Å². The molecular formula is C32H33F4N5O4S. The second kappa shape index (κ2) is 15.9. The number of amides is 1. The van der Waals surface area contributed by atoms with Crippen LogP contribution >= 0.6 is 0 Å². The van der Waals surface area contributed by atoms with E-state index in [2.05, 4.69) is 20.3 Å². The van der Waals surface area contributed by atoms with Gasteiger partial charge in [0.2, 0.25) is 15.9 Å². The van der Waals surface area contributed by atoms with E-state index in [4.69, 9.17) is 10.8 Å². The van der Waals surface area contributed by atoms with Gasteiger partial charge in [-0.05, 0) is 60.4 Å². The van der Waals surface area contributed by atoms with E-state index >= 15 is 4.39 Å². The maximum Gasteiger partial charge on any atom is 0.242 e. The van der Waals surface area contributed by atoms with E-state index in [0.717, 1.165) is 30.5 Å². The Kier molecular flexibility index (Phi) is 12.0. The van der Waals surface area contributed by atoms with Crippen molar-refractivity contribution in [2.45, 2.75) is 35.7 Å². The number of sulfonamides is 1. The van der Waals surface area contributed by atoms with Crippen LogP contribution in [0.2, 0.25) is 0 Å². The average molecular weight is 660 g/mol. The maximum atomic E-state index is 15.1. The molecule has 2 unspecified atom stereocenters. The summed E-state index contributed by atoms with van der Waals surface area (Å²) in [5.74, 6) is -5.13. The highest BCUT2D eigenvalue weighted by molar-refractivity contribution is 7.89. The lowest BCUT2D eigenvalue weighted by Crippen LogP contribution is -2.43. The smallest absolute Gasteiger partial charge is 0.242 e. The van der Waals surface area contributed by atoms with Gasteiger partial charge in [0, 0.05) is 36.7 Å². The summed E-state index contributed by atoms with van der Waals surface area (Å²) in [6.45, 7) is 0.112. The highest BCUT2D eigenvalue weighted by Gasteiger charge is 2.30. The summed E-state index contributed by atoms with van der Waals surface area (Å²) < 4.78 is 85.7. The van der Waals surface area contributed by atoms with Gasteiger partial charge in [0.15, 0.2) is 0 Å². The van der Waals surface area contributed by atoms with Crippen molar-refractivity contribution in [1.82, 2.24) is 15.0 Å². The molecule has 0 saturated heterocycles. The molecule has 4 rings (SSSR count). The van der Waals surface area contributed by atoms with E-state index in [0.29, 0.717) is 11.6 Å². The van der Waals surface area contributed by atoms with Crippen LogP contribution in [0.25, 0.3) is 0 Å². The first-order valence-corrected chi connectivity index (χ1v) is 15.8. The number of hydrogen-bond donors (Lipinski definition) is 5. The predicted molar refractivity (Wildman–Crippen MR) is 164 cm³/mol. The number of nitrogens with zero attached hydrogens (tertiary/aromatic N) is 1. The molecule has 0 spiro atoms. The number of nitrogens with one attached hydrogen (secondary N) is 3. The van der Waals surface area contributed by atoms with Crippen molar-refractivity contribution in [3.63, 3.8) is 0 Å². The van der Waals surface area contributed by atoms with Crippen molar-refractivity contribution in [2.24, 2.45) is 5.73 Å². The number of aromatic nitrogens is 1. The maximum absolute atomic E-state index is 15.1. The summed E-state index contributed by atoms with van der Waals surface area (Å²) in [5.41, 5.74) is 6.63. The number of nitrogens with two attached hydrogens (primary N) is 1. The van der Waals surface area contributed by atoms with Crippen LogP contribution < -0.4 is 21.1 Å². The zero-order valence-corrected chi connectivity index (χ0v) is 25.3. The third kappa shape index (κ3) is 9.17. The zero-order valence-electron chi connectivity index (χ0n) is 24.5. The minimum Gasteiger partial charge on any atom is -0.395 e. The number of benzene rings is 3. The van der Waals surface area contributed by atoms with Crippen LogP contribution in [0.1, 0.15) is 29.0 Å². The zero-order chi connectivity index (χ0) is 33.3. The van der Waals surface area contributed by atoms with E-state index in [1.807, 2.05) is 0 Å². The highest BCUT2D eigenvalue weighted by Crippen LogP contribution is 2.30. The first kappa shape index (κ1) is 34.7. The summed E-state index contributed by atoms with van der Waals surface area (Å²) in [5, 5.41) is 14.6. The third-order valence-corrected chi connectivity index (χ3v) is 8.73. The Bertz CT molecular complexity index is 1710. The number of aliphatic hydroxyl groups excluding tert-OH is 1. The number of carbonyl (C=O) groups is 1. The highest BCUT2D eigenvalue weighted by atomic mass is 32.2. The average Bonchev–Trinajstić information content (AvgIpc) is 3.01. The number of rotatable bonds is 15. The summed E-state index contributed by atoms with van der Waals surface area (Å²) in [7, 11) is -3.94. The molecule has 0 bridgehead atoms. The number of aliphatic hydroxyl groups is 1. The molecule has 0 radical (unpaired) electrons. The van der Waals surface area contributed by atoms with Gasteiger partial charge in [-0.2, -0.15) is 0 Å². The molecule has 9 nitrogen and oxygen atoms in total. The molecule has 4 aromatic rings. The molecule has 0 saturated carbocycles. The summed E-state index contributed by atoms with van der Waals surface area (Å²) in [6.07, 6.45) is 2.15. The lowest BCUT2D eigenvalue weighted by Gasteiger charge is -2.25. The van der Waals surface area contributed by atoms with E-state index in [9.17, 15) is 26.4 Å². The second-order valence-electron chi connectivity index (χ2n) is 10.5. The Morgan fingerprint density at radius 1 is 0.891 bits per heavy atom. The first-order valence-electron chi connectivity index (χ1n) is 14.3. The van der Waals surface area contributed by atoms with Crippen LogP contribution in [-0.4, -0.2) is 56.2 Å². The fraction of sp³-hybridized carbons (Fsp3) is 0.250. The number of hydrogen-bond acceptors (Lipinski definition) is 7. The Morgan fingerprint density at radius 3 is 2.22 bits per heavy atom. The largest absolute Gasteiger partial charge is 0.395 e. The molecule has 3 aromatic carbocycles. The molecule has 0 aliphatic heterocycles.